The number of aliphatic carboxylic acids is 1. The first-order chi connectivity index (χ1) is 12.7. The number of carboxylic acid groups (broad SMARTS) is 1. The van der Waals surface area contributed by atoms with Crippen LogP contribution in [0.1, 0.15) is 23.0 Å². The summed E-state index contributed by atoms with van der Waals surface area (Å²) in [4.78, 5) is 24.3. The van der Waals surface area contributed by atoms with Crippen molar-refractivity contribution in [2.75, 3.05) is 13.6 Å². The molecule has 0 saturated carbocycles. The fourth-order valence-electron chi connectivity index (χ4n) is 2.68. The maximum Gasteiger partial charge on any atom is 0.490 e. The molecule has 0 bridgehead atoms. The topological polar surface area (TPSA) is 87.5 Å². The molecule has 2 aromatic rings. The van der Waals surface area contributed by atoms with Gasteiger partial charge in [-0.15, -0.1) is 11.3 Å². The number of alkyl halides is 3. The van der Waals surface area contributed by atoms with E-state index in [2.05, 4.69) is 32.8 Å². The number of fused-ring (bicyclic) bond motifs is 1. The smallest absolute Gasteiger partial charge is 0.475 e. The van der Waals surface area contributed by atoms with Gasteiger partial charge in [0.1, 0.15) is 0 Å². The summed E-state index contributed by atoms with van der Waals surface area (Å²) in [7, 11) is 1.68. The quantitative estimate of drug-likeness (QED) is 0.816. The molecule has 0 radical (unpaired) electrons. The first-order valence-corrected chi connectivity index (χ1v) is 8.86. The predicted octanol–water partition coefficient (Wildman–Crippen LogP) is 2.27. The van der Waals surface area contributed by atoms with Crippen LogP contribution in [-0.2, 0) is 22.7 Å². The van der Waals surface area contributed by atoms with Crippen LogP contribution in [0.3, 0.4) is 0 Å². The lowest BCUT2D eigenvalue weighted by atomic mass is 10.1. The normalized spacial score (nSPS) is 16.8. The summed E-state index contributed by atoms with van der Waals surface area (Å²) in [5.74, 6) is -2.69. The molecule has 148 valence electrons. The van der Waals surface area contributed by atoms with E-state index in [1.807, 2.05) is 16.9 Å². The molecule has 1 atom stereocenters. The Morgan fingerprint density at radius 2 is 2.11 bits per heavy atom. The SMILES string of the molecule is CNC(=O)CC1CN(Cc2cccs2)Cc2ccnn21.O=C(O)C(F)(F)F. The third-order valence-corrected chi connectivity index (χ3v) is 4.72. The molecule has 11 heteroatoms. The standard InChI is InChI=1S/C14H18N4OS.C2HF3O2/c1-15-14(19)7-12-9-17(10-13-3-2-6-20-13)8-11-4-5-16-18(11)12;3-2(4,5)1(6)7/h2-6,12H,7-10H2,1H3,(H,15,19);(H,6,7). The Hall–Kier alpha value is -2.40. The van der Waals surface area contributed by atoms with E-state index in [0.29, 0.717) is 6.42 Å². The van der Waals surface area contributed by atoms with Gasteiger partial charge in [0, 0.05) is 37.8 Å². The Balaban J connectivity index is 0.000000321. The molecule has 3 rings (SSSR count). The molecular formula is C16H19F3N4O3S. The van der Waals surface area contributed by atoms with Crippen molar-refractivity contribution in [1.29, 1.82) is 0 Å². The second-order valence-corrected chi connectivity index (χ2v) is 6.88. The van der Waals surface area contributed by atoms with E-state index in [-0.39, 0.29) is 11.9 Å². The maximum atomic E-state index is 11.7. The zero-order valence-electron chi connectivity index (χ0n) is 14.4. The molecule has 0 saturated heterocycles. The summed E-state index contributed by atoms with van der Waals surface area (Å²) < 4.78 is 33.7. The van der Waals surface area contributed by atoms with Gasteiger partial charge in [0.2, 0.25) is 5.91 Å². The van der Waals surface area contributed by atoms with Crippen LogP contribution in [-0.4, -0.2) is 51.4 Å². The first-order valence-electron chi connectivity index (χ1n) is 7.98. The molecule has 3 heterocycles. The summed E-state index contributed by atoms with van der Waals surface area (Å²) in [6.07, 6.45) is -2.78. The third kappa shape index (κ3) is 6.07. The van der Waals surface area contributed by atoms with Crippen molar-refractivity contribution in [1.82, 2.24) is 20.0 Å². The van der Waals surface area contributed by atoms with Crippen molar-refractivity contribution < 1.29 is 27.9 Å². The van der Waals surface area contributed by atoms with Gasteiger partial charge in [0.25, 0.3) is 0 Å². The minimum Gasteiger partial charge on any atom is -0.475 e. The fraction of sp³-hybridized carbons (Fsp3) is 0.438. The van der Waals surface area contributed by atoms with Crippen molar-refractivity contribution in [2.45, 2.75) is 31.7 Å². The van der Waals surface area contributed by atoms with Crippen LogP contribution < -0.4 is 5.32 Å². The Morgan fingerprint density at radius 3 is 2.67 bits per heavy atom. The van der Waals surface area contributed by atoms with Gasteiger partial charge in [-0.25, -0.2) is 4.79 Å². The number of carbonyl (C=O) groups excluding carboxylic acids is 1. The number of nitrogens with one attached hydrogen (secondary N) is 1. The highest BCUT2D eigenvalue weighted by molar-refractivity contribution is 7.09. The first kappa shape index (κ1) is 20.9. The lowest BCUT2D eigenvalue weighted by Crippen LogP contribution is -2.39. The summed E-state index contributed by atoms with van der Waals surface area (Å²) in [6.45, 7) is 2.69. The Labute approximate surface area is 157 Å². The van der Waals surface area contributed by atoms with Gasteiger partial charge >= 0.3 is 12.1 Å². The highest BCUT2D eigenvalue weighted by Crippen LogP contribution is 2.25. The van der Waals surface area contributed by atoms with E-state index < -0.39 is 12.1 Å². The molecule has 2 N–H and O–H groups in total. The van der Waals surface area contributed by atoms with E-state index in [9.17, 15) is 18.0 Å². The van der Waals surface area contributed by atoms with Crippen molar-refractivity contribution >= 4 is 23.2 Å². The van der Waals surface area contributed by atoms with Gasteiger partial charge in [-0.05, 0) is 17.5 Å². The van der Waals surface area contributed by atoms with E-state index in [0.717, 1.165) is 19.6 Å². The van der Waals surface area contributed by atoms with Crippen molar-refractivity contribution in [2.24, 2.45) is 0 Å². The highest BCUT2D eigenvalue weighted by Gasteiger charge is 2.38. The molecule has 0 fully saturated rings. The molecule has 0 aromatic carbocycles. The van der Waals surface area contributed by atoms with Crippen LogP contribution in [0.4, 0.5) is 13.2 Å². The minimum absolute atomic E-state index is 0.0643. The predicted molar refractivity (Wildman–Crippen MR) is 92.1 cm³/mol. The van der Waals surface area contributed by atoms with Crippen LogP contribution in [0.2, 0.25) is 0 Å². The Kier molecular flexibility index (Phi) is 6.97. The number of carboxylic acids is 1. The summed E-state index contributed by atoms with van der Waals surface area (Å²) >= 11 is 1.78. The molecule has 2 aromatic heterocycles. The summed E-state index contributed by atoms with van der Waals surface area (Å²) in [6, 6.07) is 6.39. The number of hydrogen-bond acceptors (Lipinski definition) is 5. The fourth-order valence-corrected chi connectivity index (χ4v) is 3.42. The van der Waals surface area contributed by atoms with Gasteiger partial charge < -0.3 is 10.4 Å². The van der Waals surface area contributed by atoms with E-state index in [1.54, 1.807) is 18.4 Å². The zero-order chi connectivity index (χ0) is 20.0. The highest BCUT2D eigenvalue weighted by atomic mass is 32.1. The van der Waals surface area contributed by atoms with Crippen LogP contribution >= 0.6 is 11.3 Å². The van der Waals surface area contributed by atoms with Gasteiger partial charge in [-0.1, -0.05) is 6.07 Å². The summed E-state index contributed by atoms with van der Waals surface area (Å²) in [5, 5.41) is 16.3. The molecule has 0 aliphatic carbocycles. The second-order valence-electron chi connectivity index (χ2n) is 5.85. The number of halogens is 3. The summed E-state index contributed by atoms with van der Waals surface area (Å²) in [5.41, 5.74) is 1.18. The maximum absolute atomic E-state index is 11.7. The van der Waals surface area contributed by atoms with E-state index in [4.69, 9.17) is 9.90 Å². The number of thiophene rings is 1. The minimum atomic E-state index is -5.08. The molecule has 1 amide bonds. The van der Waals surface area contributed by atoms with Crippen LogP contribution in [0.25, 0.3) is 0 Å². The van der Waals surface area contributed by atoms with E-state index >= 15 is 0 Å². The Bertz CT molecular complexity index is 761. The number of rotatable bonds is 4. The lowest BCUT2D eigenvalue weighted by molar-refractivity contribution is -0.192. The van der Waals surface area contributed by atoms with Gasteiger partial charge in [0.15, 0.2) is 0 Å². The largest absolute Gasteiger partial charge is 0.490 e. The monoisotopic (exact) mass is 404 g/mol. The van der Waals surface area contributed by atoms with Crippen molar-refractivity contribution in [3.8, 4) is 0 Å². The molecule has 27 heavy (non-hydrogen) atoms. The lowest BCUT2D eigenvalue weighted by Gasteiger charge is -2.33. The number of hydrogen-bond donors (Lipinski definition) is 2. The third-order valence-electron chi connectivity index (χ3n) is 3.85. The average Bonchev–Trinajstić information content (AvgIpc) is 3.26. The number of nitrogens with zero attached hydrogens (tertiary/aromatic N) is 3. The average molecular weight is 404 g/mol. The molecular weight excluding hydrogens is 385 g/mol. The number of aromatic nitrogens is 2. The molecule has 1 unspecified atom stereocenters. The molecule has 7 nitrogen and oxygen atoms in total. The van der Waals surface area contributed by atoms with Crippen LogP contribution in [0, 0.1) is 0 Å². The molecule has 1 aliphatic heterocycles. The zero-order valence-corrected chi connectivity index (χ0v) is 15.3. The van der Waals surface area contributed by atoms with Gasteiger partial charge in [-0.3, -0.25) is 14.4 Å². The van der Waals surface area contributed by atoms with Gasteiger partial charge in [0.05, 0.1) is 18.2 Å². The van der Waals surface area contributed by atoms with Crippen molar-refractivity contribution in [3.63, 3.8) is 0 Å². The van der Waals surface area contributed by atoms with Gasteiger partial charge in [-0.2, -0.15) is 18.3 Å². The van der Waals surface area contributed by atoms with Crippen LogP contribution in [0.5, 0.6) is 0 Å². The van der Waals surface area contributed by atoms with Crippen molar-refractivity contribution in [3.05, 3.63) is 40.3 Å². The molecule has 0 spiro atoms. The van der Waals surface area contributed by atoms with Crippen LogP contribution in [0.15, 0.2) is 29.8 Å². The number of amides is 1. The Morgan fingerprint density at radius 1 is 1.41 bits per heavy atom. The number of carbonyl (C=O) groups is 2. The van der Waals surface area contributed by atoms with E-state index in [1.165, 1.54) is 10.6 Å². The second kappa shape index (κ2) is 9.00. The molecule has 1 aliphatic rings.